The Kier molecular flexibility index (Phi) is 15.5. The average molecular weight is 829 g/mol. The number of hydrogen-bond donors (Lipinski definition) is 3. The lowest BCUT2D eigenvalue weighted by molar-refractivity contribution is 0.297. The van der Waals surface area contributed by atoms with Crippen LogP contribution in [0.25, 0.3) is 21.8 Å². The first-order valence-corrected chi connectivity index (χ1v) is 22.1. The Bertz CT molecular complexity index is 2390. The van der Waals surface area contributed by atoms with E-state index in [1.807, 2.05) is 12.1 Å². The summed E-state index contributed by atoms with van der Waals surface area (Å²) in [7, 11) is 6.74. The van der Waals surface area contributed by atoms with Gasteiger partial charge in [-0.3, -0.25) is 4.99 Å². The van der Waals surface area contributed by atoms with E-state index in [0.29, 0.717) is 17.9 Å². The molecule has 0 saturated heterocycles. The first kappa shape index (κ1) is 45.1. The zero-order valence-electron chi connectivity index (χ0n) is 38.2. The summed E-state index contributed by atoms with van der Waals surface area (Å²) in [6, 6.07) is 26.5. The molecule has 0 spiro atoms. The monoisotopic (exact) mass is 829 g/mol. The lowest BCUT2D eigenvalue weighted by Crippen LogP contribution is -2.36. The number of aliphatic hydroxyl groups is 1. The van der Waals surface area contributed by atoms with Crippen LogP contribution < -0.4 is 18.9 Å². The second kappa shape index (κ2) is 20.9. The minimum Gasteiger partial charge on any atom is -0.493 e. The zero-order valence-corrected chi connectivity index (χ0v) is 38.2. The van der Waals surface area contributed by atoms with Gasteiger partial charge in [-0.15, -0.1) is 0 Å². The van der Waals surface area contributed by atoms with Crippen LogP contribution in [-0.4, -0.2) is 73.9 Å². The van der Waals surface area contributed by atoms with Gasteiger partial charge in [-0.1, -0.05) is 56.2 Å². The highest BCUT2D eigenvalue weighted by atomic mass is 16.5. The number of rotatable bonds is 12. The number of aliphatic imine (C=N–C) groups is 1. The maximum absolute atomic E-state index is 7.57. The smallest absolute Gasteiger partial charge is 0.160 e. The molecule has 0 bridgehead atoms. The van der Waals surface area contributed by atoms with Gasteiger partial charge >= 0.3 is 0 Å². The van der Waals surface area contributed by atoms with Crippen molar-refractivity contribution in [3.8, 4) is 23.0 Å². The number of aromatic nitrogens is 2. The van der Waals surface area contributed by atoms with Crippen molar-refractivity contribution in [3.05, 3.63) is 118 Å². The molecule has 4 aromatic carbocycles. The quantitative estimate of drug-likeness (QED) is 0.0838. The molecule has 3 N–H and O–H groups in total. The molecule has 0 fully saturated rings. The van der Waals surface area contributed by atoms with Crippen LogP contribution in [0.5, 0.6) is 23.0 Å². The van der Waals surface area contributed by atoms with Crippen molar-refractivity contribution in [1.82, 2.24) is 14.9 Å². The summed E-state index contributed by atoms with van der Waals surface area (Å²) >= 11 is 0. The second-order valence-corrected chi connectivity index (χ2v) is 16.8. The van der Waals surface area contributed by atoms with Gasteiger partial charge in [0.25, 0.3) is 0 Å². The number of H-pyrrole nitrogens is 2. The van der Waals surface area contributed by atoms with E-state index in [9.17, 15) is 0 Å². The highest BCUT2D eigenvalue weighted by Crippen LogP contribution is 2.40. The van der Waals surface area contributed by atoms with E-state index in [1.54, 1.807) is 35.4 Å². The van der Waals surface area contributed by atoms with Gasteiger partial charge < -0.3 is 38.9 Å². The highest BCUT2D eigenvalue weighted by Gasteiger charge is 2.30. The number of ether oxygens (including phenoxy) is 4. The lowest BCUT2D eigenvalue weighted by atomic mass is 9.83. The van der Waals surface area contributed by atoms with Gasteiger partial charge in [-0.2, -0.15) is 0 Å². The van der Waals surface area contributed by atoms with Gasteiger partial charge in [0.15, 0.2) is 23.0 Å². The normalized spacial score (nSPS) is 16.4. The van der Waals surface area contributed by atoms with Crippen LogP contribution >= 0.6 is 0 Å². The van der Waals surface area contributed by atoms with Crippen molar-refractivity contribution >= 4 is 28.1 Å². The molecule has 0 amide bonds. The van der Waals surface area contributed by atoms with E-state index in [2.05, 4.69) is 116 Å². The fraction of sp³-hybridized carbons (Fsp3) is 0.442. The first-order chi connectivity index (χ1) is 29.5. The molecule has 2 aliphatic rings. The van der Waals surface area contributed by atoms with Gasteiger partial charge in [-0.25, -0.2) is 0 Å². The van der Waals surface area contributed by atoms with Crippen LogP contribution in [0.2, 0.25) is 0 Å². The molecule has 1 aliphatic carbocycles. The molecule has 3 unspecified atom stereocenters. The number of aryl methyl sites for hydroxylation is 3. The Morgan fingerprint density at radius 1 is 0.705 bits per heavy atom. The Balaban J connectivity index is 0.000000198. The molecular formula is C52H68N4O5. The lowest BCUT2D eigenvalue weighted by Gasteiger charge is -2.35. The van der Waals surface area contributed by atoms with Crippen molar-refractivity contribution in [3.63, 3.8) is 0 Å². The molecule has 6 aromatic rings. The topological polar surface area (TPSA) is 104 Å². The molecule has 61 heavy (non-hydrogen) atoms. The van der Waals surface area contributed by atoms with Crippen molar-refractivity contribution < 1.29 is 24.1 Å². The minimum absolute atomic E-state index is 0.188. The summed E-state index contributed by atoms with van der Waals surface area (Å²) in [4.78, 5) is 14.9. The first-order valence-electron chi connectivity index (χ1n) is 22.1. The van der Waals surface area contributed by atoms with Crippen LogP contribution in [0, 0.1) is 19.8 Å². The van der Waals surface area contributed by atoms with Gasteiger partial charge in [-0.05, 0) is 142 Å². The van der Waals surface area contributed by atoms with E-state index in [0.717, 1.165) is 55.2 Å². The van der Waals surface area contributed by atoms with E-state index >= 15 is 0 Å². The Morgan fingerprint density at radius 3 is 1.75 bits per heavy atom. The summed E-state index contributed by atoms with van der Waals surface area (Å²) < 4.78 is 21.8. The van der Waals surface area contributed by atoms with Crippen molar-refractivity contribution in [2.45, 2.75) is 104 Å². The van der Waals surface area contributed by atoms with Crippen molar-refractivity contribution in [2.24, 2.45) is 10.9 Å². The van der Waals surface area contributed by atoms with E-state index in [-0.39, 0.29) is 12.6 Å². The molecule has 3 atom stereocenters. The van der Waals surface area contributed by atoms with Gasteiger partial charge in [0.1, 0.15) is 0 Å². The largest absolute Gasteiger partial charge is 0.493 e. The minimum atomic E-state index is 0.188. The fourth-order valence-corrected chi connectivity index (χ4v) is 9.17. The molecule has 9 nitrogen and oxygen atoms in total. The molecule has 2 aromatic heterocycles. The number of aromatic amines is 2. The molecule has 1 aliphatic heterocycles. The SMILES string of the molecule is CCC(N=CN1CCc2c([nH]c3ccc(C)cc23)C1Cc1ccc(OC)c(OC)c1)C(C)C.CCO.COc1ccc(CC2CCCc3c2[nH]c2ccc(C)cc32)cc1OC. The molecule has 0 saturated carbocycles. The number of methoxy groups -OCH3 is 4. The number of nitrogens with one attached hydrogen (secondary N) is 2. The maximum atomic E-state index is 7.57. The molecule has 9 heteroatoms. The molecule has 0 radical (unpaired) electrons. The molecule has 326 valence electrons. The fourth-order valence-electron chi connectivity index (χ4n) is 9.17. The van der Waals surface area contributed by atoms with Crippen LogP contribution in [0.3, 0.4) is 0 Å². The third kappa shape index (κ3) is 10.4. The predicted octanol–water partition coefficient (Wildman–Crippen LogP) is 11.3. The maximum Gasteiger partial charge on any atom is 0.160 e. The molecule has 8 rings (SSSR count). The van der Waals surface area contributed by atoms with Gasteiger partial charge in [0.2, 0.25) is 0 Å². The Labute approximate surface area is 363 Å². The van der Waals surface area contributed by atoms with Gasteiger partial charge in [0, 0.05) is 52.3 Å². The number of aliphatic hydroxyl groups excluding tert-OH is 1. The van der Waals surface area contributed by atoms with E-state index in [1.165, 1.54) is 85.8 Å². The summed E-state index contributed by atoms with van der Waals surface area (Å²) in [6.07, 6.45) is 9.74. The summed E-state index contributed by atoms with van der Waals surface area (Å²) in [6.45, 7) is 13.9. The predicted molar refractivity (Wildman–Crippen MR) is 252 cm³/mol. The average Bonchev–Trinajstić information content (AvgIpc) is 3.83. The second-order valence-electron chi connectivity index (χ2n) is 16.8. The zero-order chi connectivity index (χ0) is 43.6. The Morgan fingerprint density at radius 2 is 1.23 bits per heavy atom. The van der Waals surface area contributed by atoms with E-state index in [4.69, 9.17) is 29.0 Å². The third-order valence-corrected chi connectivity index (χ3v) is 12.3. The standard InChI is InChI=1S/C28H37N3O2.C22H25NO2.C2H6O/c1-7-23(18(2)3)29-17-31-13-12-21-22-14-19(4)8-10-24(22)30-28(21)25(31)15-20-9-11-26(32-5)27(16-20)33-6;1-14-7-9-19-18(11-14)17-6-4-5-16(22(17)23-19)12-15-8-10-20(24-2)21(13-15)25-3;1-2-3/h8-11,14,16-18,23,25,30H,7,12-13,15H2,1-6H3;7-11,13,16,23H,4-6,12H2,1-3H3;3H,2H2,1H3. The summed E-state index contributed by atoms with van der Waals surface area (Å²) in [5.41, 5.74) is 13.3. The van der Waals surface area contributed by atoms with Crippen LogP contribution in [-0.2, 0) is 25.7 Å². The number of fused-ring (bicyclic) bond motifs is 6. The Hall–Kier alpha value is -5.41. The highest BCUT2D eigenvalue weighted by molar-refractivity contribution is 5.87. The summed E-state index contributed by atoms with van der Waals surface area (Å²) in [5, 5.41) is 10.3. The number of benzene rings is 4. The molecular weight excluding hydrogens is 761 g/mol. The number of nitrogens with zero attached hydrogens (tertiary/aromatic N) is 2. The number of hydrogen-bond acceptors (Lipinski definition) is 6. The van der Waals surface area contributed by atoms with Crippen LogP contribution in [0.1, 0.15) is 104 Å². The van der Waals surface area contributed by atoms with Crippen LogP contribution in [0.4, 0.5) is 0 Å². The van der Waals surface area contributed by atoms with Crippen LogP contribution in [0.15, 0.2) is 77.8 Å². The van der Waals surface area contributed by atoms with E-state index < -0.39 is 0 Å². The van der Waals surface area contributed by atoms with Crippen molar-refractivity contribution in [1.29, 1.82) is 0 Å². The third-order valence-electron chi connectivity index (χ3n) is 12.3. The summed E-state index contributed by atoms with van der Waals surface area (Å²) in [5.74, 6) is 4.19. The van der Waals surface area contributed by atoms with Crippen molar-refractivity contribution in [2.75, 3.05) is 41.6 Å². The van der Waals surface area contributed by atoms with Gasteiger partial charge in [0.05, 0.1) is 46.9 Å². The molecule has 3 heterocycles.